The van der Waals surface area contributed by atoms with Gasteiger partial charge >= 0.3 is 0 Å². The number of hydrogen-bond donors (Lipinski definition) is 3. The first-order valence-electron chi connectivity index (χ1n) is 8.99. The van der Waals surface area contributed by atoms with Crippen molar-refractivity contribution in [2.24, 2.45) is 22.2 Å². The maximum absolute atomic E-state index is 10.9. The van der Waals surface area contributed by atoms with E-state index in [0.29, 0.717) is 12.3 Å². The van der Waals surface area contributed by atoms with Crippen LogP contribution in [-0.4, -0.2) is 33.6 Å². The van der Waals surface area contributed by atoms with Gasteiger partial charge in [0, 0.05) is 5.41 Å². The smallest absolute Gasteiger partial charge is 0.0865 e. The second-order valence-corrected chi connectivity index (χ2v) is 9.08. The Morgan fingerprint density at radius 3 is 2.30 bits per heavy atom. The molecule has 130 valence electrons. The molecule has 0 aromatic rings. The van der Waals surface area contributed by atoms with Crippen LogP contribution in [0.1, 0.15) is 59.8 Å². The summed E-state index contributed by atoms with van der Waals surface area (Å²) in [5, 5.41) is 32.1. The van der Waals surface area contributed by atoms with Gasteiger partial charge in [-0.25, -0.2) is 0 Å². The quantitative estimate of drug-likeness (QED) is 0.650. The second-order valence-electron chi connectivity index (χ2n) is 9.08. The highest BCUT2D eigenvalue weighted by atomic mass is 16.3. The third-order valence-electron chi connectivity index (χ3n) is 7.72. The monoisotopic (exact) mass is 320 g/mol. The molecule has 1 saturated carbocycles. The highest BCUT2D eigenvalue weighted by Crippen LogP contribution is 2.62. The summed E-state index contributed by atoms with van der Waals surface area (Å²) in [5.74, 6) is 0.394. The normalized spacial score (nSPS) is 49.3. The zero-order valence-electron chi connectivity index (χ0n) is 15.0. The van der Waals surface area contributed by atoms with E-state index >= 15 is 0 Å². The van der Waals surface area contributed by atoms with Crippen molar-refractivity contribution in [1.82, 2.24) is 0 Å². The van der Waals surface area contributed by atoms with Crippen molar-refractivity contribution in [2.45, 2.75) is 78.1 Å². The van der Waals surface area contributed by atoms with Crippen molar-refractivity contribution in [1.29, 1.82) is 0 Å². The van der Waals surface area contributed by atoms with Gasteiger partial charge in [0.1, 0.15) is 0 Å². The zero-order chi connectivity index (χ0) is 17.2. The fraction of sp³-hybridized carbons (Fsp3) is 0.800. The summed E-state index contributed by atoms with van der Waals surface area (Å²) in [6.07, 6.45) is 4.42. The van der Waals surface area contributed by atoms with Crippen molar-refractivity contribution in [3.63, 3.8) is 0 Å². The third-order valence-corrected chi connectivity index (χ3v) is 7.72. The summed E-state index contributed by atoms with van der Waals surface area (Å²) < 4.78 is 0. The average Bonchev–Trinajstić information content (AvgIpc) is 2.50. The number of hydrogen-bond acceptors (Lipinski definition) is 3. The molecule has 0 aliphatic heterocycles. The molecule has 0 heterocycles. The molecule has 6 unspecified atom stereocenters. The molecule has 0 bridgehead atoms. The molecule has 3 N–H and O–H groups in total. The first kappa shape index (κ1) is 17.2. The van der Waals surface area contributed by atoms with Crippen LogP contribution in [0, 0.1) is 22.2 Å². The van der Waals surface area contributed by atoms with Gasteiger partial charge < -0.3 is 15.3 Å². The number of fused-ring (bicyclic) bond motifs is 2. The average molecular weight is 320 g/mol. The predicted octanol–water partition coefficient (Wildman–Crippen LogP) is 3.20. The van der Waals surface area contributed by atoms with Crippen LogP contribution in [0.2, 0.25) is 0 Å². The van der Waals surface area contributed by atoms with Gasteiger partial charge in [-0.3, -0.25) is 0 Å². The van der Waals surface area contributed by atoms with Crippen LogP contribution in [0.15, 0.2) is 23.8 Å². The molecule has 1 fully saturated rings. The molecule has 6 atom stereocenters. The molecule has 0 aromatic heterocycles. The summed E-state index contributed by atoms with van der Waals surface area (Å²) in [4.78, 5) is 0. The Kier molecular flexibility index (Phi) is 3.87. The van der Waals surface area contributed by atoms with E-state index in [1.165, 1.54) is 5.57 Å². The Balaban J connectivity index is 2.08. The van der Waals surface area contributed by atoms with Crippen LogP contribution in [0.5, 0.6) is 0 Å². The van der Waals surface area contributed by atoms with Crippen molar-refractivity contribution in [3.05, 3.63) is 23.8 Å². The lowest BCUT2D eigenvalue weighted by molar-refractivity contribution is -0.102. The molecule has 3 aliphatic rings. The Morgan fingerprint density at radius 2 is 1.70 bits per heavy atom. The van der Waals surface area contributed by atoms with Gasteiger partial charge in [0.05, 0.1) is 18.3 Å². The Labute approximate surface area is 140 Å². The molecule has 0 saturated heterocycles. The summed E-state index contributed by atoms with van der Waals surface area (Å²) in [5.41, 5.74) is 1.57. The van der Waals surface area contributed by atoms with Crippen LogP contribution in [0.4, 0.5) is 0 Å². The van der Waals surface area contributed by atoms with Crippen LogP contribution < -0.4 is 0 Å². The Hall–Kier alpha value is -0.640. The number of aliphatic hydroxyl groups excluding tert-OH is 3. The minimum Gasteiger partial charge on any atom is -0.393 e. The summed E-state index contributed by atoms with van der Waals surface area (Å²) >= 11 is 0. The van der Waals surface area contributed by atoms with E-state index in [-0.39, 0.29) is 16.9 Å². The van der Waals surface area contributed by atoms with E-state index in [1.54, 1.807) is 6.08 Å². The molecule has 3 aliphatic carbocycles. The predicted molar refractivity (Wildman–Crippen MR) is 91.8 cm³/mol. The van der Waals surface area contributed by atoms with Crippen LogP contribution in [0.3, 0.4) is 0 Å². The van der Waals surface area contributed by atoms with Gasteiger partial charge in [0.15, 0.2) is 0 Å². The zero-order valence-corrected chi connectivity index (χ0v) is 15.0. The van der Waals surface area contributed by atoms with Gasteiger partial charge in [-0.05, 0) is 54.4 Å². The lowest BCUT2D eigenvalue weighted by atomic mass is 9.46. The minimum absolute atomic E-state index is 0.0270. The van der Waals surface area contributed by atoms with Crippen molar-refractivity contribution in [3.8, 4) is 0 Å². The van der Waals surface area contributed by atoms with E-state index in [1.807, 2.05) is 6.92 Å². The van der Waals surface area contributed by atoms with Crippen molar-refractivity contribution >= 4 is 0 Å². The maximum Gasteiger partial charge on any atom is 0.0865 e. The Bertz CT molecular complexity index is 549. The van der Waals surface area contributed by atoms with Crippen molar-refractivity contribution in [2.75, 3.05) is 0 Å². The minimum atomic E-state index is -0.661. The van der Waals surface area contributed by atoms with E-state index < -0.39 is 17.6 Å². The second kappa shape index (κ2) is 5.18. The van der Waals surface area contributed by atoms with E-state index in [4.69, 9.17) is 0 Å². The molecule has 0 radical (unpaired) electrons. The summed E-state index contributed by atoms with van der Waals surface area (Å²) in [6, 6.07) is 0. The summed E-state index contributed by atoms with van der Waals surface area (Å²) in [6.45, 7) is 12.4. The van der Waals surface area contributed by atoms with E-state index in [9.17, 15) is 15.3 Å². The molecular weight excluding hydrogens is 288 g/mol. The lowest BCUT2D eigenvalue weighted by Gasteiger charge is -2.59. The Morgan fingerprint density at radius 1 is 1.04 bits per heavy atom. The van der Waals surface area contributed by atoms with Gasteiger partial charge in [-0.2, -0.15) is 0 Å². The molecular formula is C20H32O3. The molecule has 3 rings (SSSR count). The van der Waals surface area contributed by atoms with E-state index in [0.717, 1.165) is 31.3 Å². The molecule has 0 aromatic carbocycles. The summed E-state index contributed by atoms with van der Waals surface area (Å²) in [7, 11) is 0. The third kappa shape index (κ3) is 2.13. The lowest BCUT2D eigenvalue weighted by Crippen LogP contribution is -2.56. The van der Waals surface area contributed by atoms with Gasteiger partial charge in [-0.15, -0.1) is 6.58 Å². The van der Waals surface area contributed by atoms with Gasteiger partial charge in [-0.1, -0.05) is 39.3 Å². The molecule has 3 heteroatoms. The van der Waals surface area contributed by atoms with Crippen LogP contribution in [0.25, 0.3) is 0 Å². The number of rotatable bonds is 1. The fourth-order valence-electron chi connectivity index (χ4n) is 5.79. The first-order valence-corrected chi connectivity index (χ1v) is 8.99. The van der Waals surface area contributed by atoms with Crippen LogP contribution in [-0.2, 0) is 0 Å². The molecule has 3 nitrogen and oxygen atoms in total. The highest BCUT2D eigenvalue weighted by molar-refractivity contribution is 5.37. The number of aliphatic hydroxyl groups is 3. The molecule has 0 amide bonds. The van der Waals surface area contributed by atoms with E-state index in [2.05, 4.69) is 27.4 Å². The van der Waals surface area contributed by atoms with Crippen molar-refractivity contribution < 1.29 is 15.3 Å². The SMILES string of the molecule is C=CC1(C)C(O)CC2=C(CCC3C2(C)CCC(O)C3(C)C)C1O. The maximum atomic E-state index is 10.9. The van der Waals surface area contributed by atoms with Crippen LogP contribution >= 0.6 is 0 Å². The molecule has 0 spiro atoms. The highest BCUT2D eigenvalue weighted by Gasteiger charge is 2.57. The standard InChI is InChI=1S/C20H32O3/c1-6-19(4)16(22)11-13-12(17(19)23)7-8-14-18(2,3)15(21)9-10-20(13,14)5/h6,14-17,21-23H,1,7-11H2,2-5H3. The largest absolute Gasteiger partial charge is 0.393 e. The molecule has 23 heavy (non-hydrogen) atoms. The van der Waals surface area contributed by atoms with Gasteiger partial charge in [0.2, 0.25) is 0 Å². The van der Waals surface area contributed by atoms with Gasteiger partial charge in [0.25, 0.3) is 0 Å². The fourth-order valence-corrected chi connectivity index (χ4v) is 5.79. The first-order chi connectivity index (χ1) is 10.6. The topological polar surface area (TPSA) is 60.7 Å².